The third-order valence-electron chi connectivity index (χ3n) is 3.75. The van der Waals surface area contributed by atoms with Crippen LogP contribution in [0.25, 0.3) is 0 Å². The molecule has 1 N–H and O–H groups in total. The van der Waals surface area contributed by atoms with Gasteiger partial charge in [0.15, 0.2) is 0 Å². The van der Waals surface area contributed by atoms with Crippen molar-refractivity contribution in [1.82, 2.24) is 9.88 Å². The fourth-order valence-corrected chi connectivity index (χ4v) is 2.54. The second kappa shape index (κ2) is 8.42. The lowest BCUT2D eigenvalue weighted by atomic mass is 9.87. The van der Waals surface area contributed by atoms with Gasteiger partial charge in [0, 0.05) is 31.5 Å². The normalized spacial score (nSPS) is 12.0. The third kappa shape index (κ3) is 6.29. The molecule has 0 bridgehead atoms. The van der Waals surface area contributed by atoms with Crippen molar-refractivity contribution in [3.8, 4) is 0 Å². The van der Waals surface area contributed by atoms with Crippen LogP contribution in [0.4, 0.5) is 0 Å². The van der Waals surface area contributed by atoms with Crippen LogP contribution in [0.2, 0.25) is 0 Å². The molecule has 0 atom stereocenters. The molecule has 1 rings (SSSR count). The van der Waals surface area contributed by atoms with Crippen molar-refractivity contribution in [3.63, 3.8) is 0 Å². The van der Waals surface area contributed by atoms with Crippen molar-refractivity contribution < 1.29 is 0 Å². The van der Waals surface area contributed by atoms with E-state index >= 15 is 0 Å². The van der Waals surface area contributed by atoms with Crippen molar-refractivity contribution in [3.05, 3.63) is 24.0 Å². The van der Waals surface area contributed by atoms with Crippen LogP contribution in [-0.4, -0.2) is 11.1 Å². The van der Waals surface area contributed by atoms with Crippen molar-refractivity contribution in [1.29, 1.82) is 0 Å². The molecule has 2 nitrogen and oxygen atoms in total. The number of hydrogen-bond donors (Lipinski definition) is 1. The standard InChI is InChI=1S/C17H32N2/c1-5-7-8-11-17(3,4)15-18-14-16-10-9-13-19(16)12-6-2/h9-10,13,18H,5-8,11-12,14-15H2,1-4H3. The van der Waals surface area contributed by atoms with Crippen molar-refractivity contribution in [2.24, 2.45) is 5.41 Å². The first-order valence-electron chi connectivity index (χ1n) is 7.94. The molecular weight excluding hydrogens is 232 g/mol. The number of unbranched alkanes of at least 4 members (excludes halogenated alkanes) is 2. The van der Waals surface area contributed by atoms with Gasteiger partial charge in [-0.25, -0.2) is 0 Å². The topological polar surface area (TPSA) is 17.0 Å². The highest BCUT2D eigenvalue weighted by molar-refractivity contribution is 5.06. The third-order valence-corrected chi connectivity index (χ3v) is 3.75. The van der Waals surface area contributed by atoms with Crippen molar-refractivity contribution >= 4 is 0 Å². The van der Waals surface area contributed by atoms with Gasteiger partial charge in [0.05, 0.1) is 0 Å². The average molecular weight is 264 g/mol. The van der Waals surface area contributed by atoms with Gasteiger partial charge in [-0.2, -0.15) is 0 Å². The van der Waals surface area contributed by atoms with Crippen LogP contribution in [0.5, 0.6) is 0 Å². The Labute approximate surface area is 119 Å². The van der Waals surface area contributed by atoms with Gasteiger partial charge in [0.25, 0.3) is 0 Å². The molecule has 1 aromatic heterocycles. The second-order valence-corrected chi connectivity index (χ2v) is 6.42. The van der Waals surface area contributed by atoms with E-state index < -0.39 is 0 Å². The molecule has 0 saturated heterocycles. The number of aromatic nitrogens is 1. The molecule has 0 aromatic carbocycles. The Morgan fingerprint density at radius 3 is 2.63 bits per heavy atom. The molecule has 0 aliphatic rings. The van der Waals surface area contributed by atoms with Crippen LogP contribution in [0, 0.1) is 5.41 Å². The van der Waals surface area contributed by atoms with Crippen LogP contribution in [0.1, 0.15) is 65.5 Å². The van der Waals surface area contributed by atoms with Crippen LogP contribution >= 0.6 is 0 Å². The minimum absolute atomic E-state index is 0.414. The van der Waals surface area contributed by atoms with Crippen LogP contribution < -0.4 is 5.32 Å². The highest BCUT2D eigenvalue weighted by atomic mass is 15.0. The summed E-state index contributed by atoms with van der Waals surface area (Å²) < 4.78 is 2.36. The van der Waals surface area contributed by atoms with Gasteiger partial charge in [-0.15, -0.1) is 0 Å². The van der Waals surface area contributed by atoms with E-state index in [0.29, 0.717) is 5.41 Å². The molecule has 0 unspecified atom stereocenters. The van der Waals surface area contributed by atoms with E-state index in [1.54, 1.807) is 0 Å². The summed E-state index contributed by atoms with van der Waals surface area (Å²) in [6, 6.07) is 4.38. The fraction of sp³-hybridized carbons (Fsp3) is 0.765. The Hall–Kier alpha value is -0.760. The number of aryl methyl sites for hydroxylation is 1. The maximum atomic E-state index is 3.63. The van der Waals surface area contributed by atoms with Gasteiger partial charge in [-0.3, -0.25) is 0 Å². The lowest BCUT2D eigenvalue weighted by molar-refractivity contribution is 0.300. The minimum atomic E-state index is 0.414. The first-order chi connectivity index (χ1) is 9.09. The maximum absolute atomic E-state index is 3.63. The summed E-state index contributed by atoms with van der Waals surface area (Å²) in [4.78, 5) is 0. The number of nitrogens with one attached hydrogen (secondary N) is 1. The summed E-state index contributed by atoms with van der Waals surface area (Å²) in [6.45, 7) is 12.5. The Morgan fingerprint density at radius 2 is 1.95 bits per heavy atom. The van der Waals surface area contributed by atoms with E-state index in [-0.39, 0.29) is 0 Å². The SMILES string of the molecule is CCCCCC(C)(C)CNCc1cccn1CCC. The van der Waals surface area contributed by atoms with E-state index in [9.17, 15) is 0 Å². The quantitative estimate of drug-likeness (QED) is 0.611. The summed E-state index contributed by atoms with van der Waals surface area (Å²) in [6.07, 6.45) is 8.75. The first kappa shape index (κ1) is 16.3. The molecule has 0 aliphatic carbocycles. The molecule has 0 amide bonds. The zero-order valence-electron chi connectivity index (χ0n) is 13.3. The van der Waals surface area contributed by atoms with Gasteiger partial charge in [-0.1, -0.05) is 47.0 Å². The Bertz CT molecular complexity index is 339. The molecule has 110 valence electrons. The van der Waals surface area contributed by atoms with Gasteiger partial charge in [0.1, 0.15) is 0 Å². The number of nitrogens with zero attached hydrogens (tertiary/aromatic N) is 1. The largest absolute Gasteiger partial charge is 0.350 e. The molecule has 0 fully saturated rings. The van der Waals surface area contributed by atoms with E-state index in [0.717, 1.165) is 19.6 Å². The minimum Gasteiger partial charge on any atom is -0.350 e. The van der Waals surface area contributed by atoms with Crippen molar-refractivity contribution in [2.75, 3.05) is 6.54 Å². The Balaban J connectivity index is 2.30. The summed E-state index contributed by atoms with van der Waals surface area (Å²) >= 11 is 0. The zero-order valence-corrected chi connectivity index (χ0v) is 13.3. The molecule has 1 aromatic rings. The second-order valence-electron chi connectivity index (χ2n) is 6.42. The monoisotopic (exact) mass is 264 g/mol. The molecular formula is C17H32N2. The molecule has 2 heteroatoms. The van der Waals surface area contributed by atoms with Gasteiger partial charge in [-0.05, 0) is 30.4 Å². The molecule has 0 saturated carbocycles. The molecule has 0 spiro atoms. The predicted molar refractivity (Wildman–Crippen MR) is 84.4 cm³/mol. The molecule has 0 radical (unpaired) electrons. The maximum Gasteiger partial charge on any atom is 0.0359 e. The average Bonchev–Trinajstić information content (AvgIpc) is 2.77. The zero-order chi connectivity index (χ0) is 14.1. The Kier molecular flexibility index (Phi) is 7.22. The highest BCUT2D eigenvalue weighted by Crippen LogP contribution is 2.22. The first-order valence-corrected chi connectivity index (χ1v) is 7.94. The number of hydrogen-bond acceptors (Lipinski definition) is 1. The number of rotatable bonds is 10. The summed E-state index contributed by atoms with van der Waals surface area (Å²) in [5.41, 5.74) is 1.82. The van der Waals surface area contributed by atoms with Crippen LogP contribution in [0.15, 0.2) is 18.3 Å². The lowest BCUT2D eigenvalue weighted by Crippen LogP contribution is -2.29. The van der Waals surface area contributed by atoms with Gasteiger partial charge in [0.2, 0.25) is 0 Å². The van der Waals surface area contributed by atoms with E-state index in [1.807, 2.05) is 0 Å². The highest BCUT2D eigenvalue weighted by Gasteiger charge is 2.16. The predicted octanol–water partition coefficient (Wildman–Crippen LogP) is 4.59. The molecule has 19 heavy (non-hydrogen) atoms. The fourth-order valence-electron chi connectivity index (χ4n) is 2.54. The van der Waals surface area contributed by atoms with E-state index in [4.69, 9.17) is 0 Å². The van der Waals surface area contributed by atoms with Crippen molar-refractivity contribution in [2.45, 2.75) is 72.9 Å². The van der Waals surface area contributed by atoms with Crippen LogP contribution in [0.3, 0.4) is 0 Å². The summed E-state index contributed by atoms with van der Waals surface area (Å²) in [7, 11) is 0. The molecule has 1 heterocycles. The van der Waals surface area contributed by atoms with Gasteiger partial charge >= 0.3 is 0 Å². The summed E-state index contributed by atoms with van der Waals surface area (Å²) in [5.74, 6) is 0. The Morgan fingerprint density at radius 1 is 1.16 bits per heavy atom. The van der Waals surface area contributed by atoms with E-state index in [1.165, 1.54) is 37.8 Å². The van der Waals surface area contributed by atoms with Crippen LogP contribution in [-0.2, 0) is 13.1 Å². The summed E-state index contributed by atoms with van der Waals surface area (Å²) in [5, 5.41) is 3.63. The smallest absolute Gasteiger partial charge is 0.0359 e. The molecule has 0 aliphatic heterocycles. The lowest BCUT2D eigenvalue weighted by Gasteiger charge is -2.25. The van der Waals surface area contributed by atoms with E-state index in [2.05, 4.69) is 55.9 Å². The van der Waals surface area contributed by atoms with Gasteiger partial charge < -0.3 is 9.88 Å².